The second-order valence-electron chi connectivity index (χ2n) is 6.59. The van der Waals surface area contributed by atoms with Crippen molar-refractivity contribution in [3.63, 3.8) is 0 Å². The van der Waals surface area contributed by atoms with Crippen molar-refractivity contribution < 1.29 is 14.2 Å². The number of ether oxygens (including phenoxy) is 3. The van der Waals surface area contributed by atoms with Gasteiger partial charge in [-0.15, -0.1) is 12.4 Å². The number of halogens is 1. The minimum absolute atomic E-state index is 0. The molecule has 1 aliphatic rings. The third kappa shape index (κ3) is 4.63. The van der Waals surface area contributed by atoms with E-state index >= 15 is 0 Å². The summed E-state index contributed by atoms with van der Waals surface area (Å²) in [4.78, 5) is 0. The Morgan fingerprint density at radius 3 is 2.19 bits per heavy atom. The smallest absolute Gasteiger partial charge is 0.164 e. The monoisotopic (exact) mass is 377 g/mol. The highest BCUT2D eigenvalue weighted by molar-refractivity contribution is 5.85. The molecule has 4 nitrogen and oxygen atoms in total. The summed E-state index contributed by atoms with van der Waals surface area (Å²) in [7, 11) is 3.28. The molecule has 1 aliphatic carbocycles. The molecule has 0 saturated heterocycles. The van der Waals surface area contributed by atoms with Crippen LogP contribution in [0.2, 0.25) is 0 Å². The van der Waals surface area contributed by atoms with Crippen molar-refractivity contribution in [1.82, 2.24) is 0 Å². The molecule has 2 aromatic rings. The standard InChI is InChI=1S/C21H27NO3.ClH/c1-23-19-12-17(21(22)16-10-6-7-11-16)18(13-20(19)24-2)25-14-15-8-4-3-5-9-15;/h3-5,8-9,12-13,16,21H,6-7,10-11,14,22H2,1-2H3;1H/t21-;/m1./s1. The van der Waals surface area contributed by atoms with Gasteiger partial charge in [0.25, 0.3) is 0 Å². The van der Waals surface area contributed by atoms with E-state index in [9.17, 15) is 0 Å². The van der Waals surface area contributed by atoms with Crippen molar-refractivity contribution in [3.05, 3.63) is 53.6 Å². The quantitative estimate of drug-likeness (QED) is 0.746. The molecule has 1 atom stereocenters. The zero-order valence-electron chi connectivity index (χ0n) is 15.4. The lowest BCUT2D eigenvalue weighted by atomic mass is 9.91. The summed E-state index contributed by atoms with van der Waals surface area (Å²) < 4.78 is 17.0. The molecule has 2 N–H and O–H groups in total. The number of methoxy groups -OCH3 is 2. The number of hydrogen-bond donors (Lipinski definition) is 1. The van der Waals surface area contributed by atoms with Crippen LogP contribution >= 0.6 is 12.4 Å². The van der Waals surface area contributed by atoms with Gasteiger partial charge in [-0.3, -0.25) is 0 Å². The lowest BCUT2D eigenvalue weighted by Crippen LogP contribution is -2.20. The summed E-state index contributed by atoms with van der Waals surface area (Å²) in [5, 5.41) is 0. The molecule has 0 aromatic heterocycles. The molecule has 0 aliphatic heterocycles. The van der Waals surface area contributed by atoms with Crippen LogP contribution in [-0.2, 0) is 6.61 Å². The van der Waals surface area contributed by atoms with Gasteiger partial charge in [0, 0.05) is 17.7 Å². The molecule has 1 saturated carbocycles. The molecule has 0 bridgehead atoms. The molecule has 3 rings (SSSR count). The van der Waals surface area contributed by atoms with Gasteiger partial charge in [-0.2, -0.15) is 0 Å². The number of rotatable bonds is 7. The summed E-state index contributed by atoms with van der Waals surface area (Å²) in [6.07, 6.45) is 4.86. The van der Waals surface area contributed by atoms with Gasteiger partial charge in [0.05, 0.1) is 14.2 Å². The summed E-state index contributed by atoms with van der Waals surface area (Å²) in [5.41, 5.74) is 8.73. The molecule has 1 fully saturated rings. The van der Waals surface area contributed by atoms with Crippen LogP contribution in [0, 0.1) is 5.92 Å². The van der Waals surface area contributed by atoms with Crippen molar-refractivity contribution in [2.75, 3.05) is 14.2 Å². The van der Waals surface area contributed by atoms with Crippen LogP contribution in [0.1, 0.15) is 42.9 Å². The van der Waals surface area contributed by atoms with E-state index in [0.717, 1.165) is 16.9 Å². The maximum absolute atomic E-state index is 6.61. The van der Waals surface area contributed by atoms with E-state index < -0.39 is 0 Å². The molecule has 5 heteroatoms. The third-order valence-electron chi connectivity index (χ3n) is 5.02. The maximum Gasteiger partial charge on any atom is 0.164 e. The first kappa shape index (κ1) is 20.4. The third-order valence-corrected chi connectivity index (χ3v) is 5.02. The highest BCUT2D eigenvalue weighted by Crippen LogP contribution is 2.42. The van der Waals surface area contributed by atoms with Crippen LogP contribution in [0.3, 0.4) is 0 Å². The predicted octanol–water partition coefficient (Wildman–Crippen LogP) is 4.89. The van der Waals surface area contributed by atoms with Crippen LogP contribution < -0.4 is 19.9 Å². The summed E-state index contributed by atoms with van der Waals surface area (Å²) in [5.74, 6) is 2.63. The van der Waals surface area contributed by atoms with Gasteiger partial charge >= 0.3 is 0 Å². The second-order valence-corrected chi connectivity index (χ2v) is 6.59. The van der Waals surface area contributed by atoms with E-state index in [1.807, 2.05) is 30.3 Å². The van der Waals surface area contributed by atoms with Crippen molar-refractivity contribution in [1.29, 1.82) is 0 Å². The molecular weight excluding hydrogens is 350 g/mol. The predicted molar refractivity (Wildman–Crippen MR) is 106 cm³/mol. The minimum atomic E-state index is -0.0481. The Kier molecular flexibility index (Phi) is 7.61. The first-order valence-corrected chi connectivity index (χ1v) is 8.91. The largest absolute Gasteiger partial charge is 0.493 e. The van der Waals surface area contributed by atoms with Crippen molar-refractivity contribution in [2.24, 2.45) is 11.7 Å². The Morgan fingerprint density at radius 1 is 0.962 bits per heavy atom. The van der Waals surface area contributed by atoms with Gasteiger partial charge < -0.3 is 19.9 Å². The average molecular weight is 378 g/mol. The highest BCUT2D eigenvalue weighted by Gasteiger charge is 2.27. The number of nitrogens with two attached hydrogens (primary N) is 1. The Morgan fingerprint density at radius 2 is 1.58 bits per heavy atom. The number of hydrogen-bond acceptors (Lipinski definition) is 4. The van der Waals surface area contributed by atoms with Gasteiger partial charge in [-0.25, -0.2) is 0 Å². The Bertz CT molecular complexity index is 687. The topological polar surface area (TPSA) is 53.7 Å². The van der Waals surface area contributed by atoms with Crippen molar-refractivity contribution >= 4 is 12.4 Å². The molecule has 0 spiro atoms. The first-order valence-electron chi connectivity index (χ1n) is 8.91. The second kappa shape index (κ2) is 9.70. The van der Waals surface area contributed by atoms with Crippen LogP contribution in [0.15, 0.2) is 42.5 Å². The van der Waals surface area contributed by atoms with E-state index in [-0.39, 0.29) is 18.4 Å². The van der Waals surface area contributed by atoms with E-state index in [4.69, 9.17) is 19.9 Å². The molecule has 0 radical (unpaired) electrons. The lowest BCUT2D eigenvalue weighted by molar-refractivity contribution is 0.290. The zero-order valence-corrected chi connectivity index (χ0v) is 16.3. The zero-order chi connectivity index (χ0) is 17.6. The van der Waals surface area contributed by atoms with Gasteiger partial charge in [0.2, 0.25) is 0 Å². The summed E-state index contributed by atoms with van der Waals surface area (Å²) >= 11 is 0. The fourth-order valence-corrected chi connectivity index (χ4v) is 3.57. The molecule has 26 heavy (non-hydrogen) atoms. The van der Waals surface area contributed by atoms with Crippen LogP contribution in [-0.4, -0.2) is 14.2 Å². The first-order chi connectivity index (χ1) is 12.2. The van der Waals surface area contributed by atoms with Gasteiger partial charge in [-0.1, -0.05) is 43.2 Å². The minimum Gasteiger partial charge on any atom is -0.493 e. The normalized spacial score (nSPS) is 15.2. The van der Waals surface area contributed by atoms with Crippen LogP contribution in [0.5, 0.6) is 17.2 Å². The molecule has 142 valence electrons. The average Bonchev–Trinajstić information content (AvgIpc) is 3.20. The van der Waals surface area contributed by atoms with E-state index in [1.54, 1.807) is 14.2 Å². The van der Waals surface area contributed by atoms with Crippen LogP contribution in [0.25, 0.3) is 0 Å². The van der Waals surface area contributed by atoms with E-state index in [2.05, 4.69) is 12.1 Å². The Labute approximate surface area is 162 Å². The van der Waals surface area contributed by atoms with E-state index in [1.165, 1.54) is 25.7 Å². The molecule has 0 heterocycles. The molecular formula is C21H28ClNO3. The van der Waals surface area contributed by atoms with Crippen LogP contribution in [0.4, 0.5) is 0 Å². The number of benzene rings is 2. The Hall–Kier alpha value is -1.91. The fourth-order valence-electron chi connectivity index (χ4n) is 3.57. The van der Waals surface area contributed by atoms with Gasteiger partial charge in [-0.05, 0) is 30.4 Å². The molecule has 2 aromatic carbocycles. The summed E-state index contributed by atoms with van der Waals surface area (Å²) in [6, 6.07) is 14.0. The van der Waals surface area contributed by atoms with Crippen molar-refractivity contribution in [2.45, 2.75) is 38.3 Å². The molecule has 0 amide bonds. The van der Waals surface area contributed by atoms with Gasteiger partial charge in [0.15, 0.2) is 11.5 Å². The van der Waals surface area contributed by atoms with E-state index in [0.29, 0.717) is 24.0 Å². The highest BCUT2D eigenvalue weighted by atomic mass is 35.5. The van der Waals surface area contributed by atoms with Gasteiger partial charge in [0.1, 0.15) is 12.4 Å². The Balaban J connectivity index is 0.00000243. The fraction of sp³-hybridized carbons (Fsp3) is 0.429. The molecule has 0 unspecified atom stereocenters. The SMILES string of the molecule is COc1cc(OCc2ccccc2)c([C@H](N)C2CCCC2)cc1OC.Cl. The maximum atomic E-state index is 6.61. The summed E-state index contributed by atoms with van der Waals surface area (Å²) in [6.45, 7) is 0.501. The van der Waals surface area contributed by atoms with Crippen molar-refractivity contribution in [3.8, 4) is 17.2 Å². The lowest BCUT2D eigenvalue weighted by Gasteiger charge is -2.24.